The number of likely N-dealkylation sites (N-methyl/N-ethyl adjacent to an activating group) is 1. The van der Waals surface area contributed by atoms with Crippen LogP contribution in [0.1, 0.15) is 13.8 Å². The van der Waals surface area contributed by atoms with Crippen molar-refractivity contribution < 1.29 is 4.74 Å². The zero-order chi connectivity index (χ0) is 12.0. The van der Waals surface area contributed by atoms with Crippen molar-refractivity contribution in [3.8, 4) is 5.75 Å². The molecule has 0 atom stereocenters. The molecule has 3 nitrogen and oxygen atoms in total. The van der Waals surface area contributed by atoms with Crippen molar-refractivity contribution in [2.45, 2.75) is 13.8 Å². The molecule has 0 saturated heterocycles. The molecular weight excluding hydrogens is 268 g/mol. The fraction of sp³-hybridized carbons (Fsp3) is 0.500. The molecule has 4 heteroatoms. The van der Waals surface area contributed by atoms with E-state index in [2.05, 4.69) is 34.7 Å². The fourth-order valence-corrected chi connectivity index (χ4v) is 1.85. The van der Waals surface area contributed by atoms with Crippen molar-refractivity contribution in [2.24, 2.45) is 0 Å². The smallest absolute Gasteiger partial charge is 0.142 e. The topological polar surface area (TPSA) is 38.5 Å². The maximum absolute atomic E-state index is 5.83. The molecule has 1 aromatic carbocycles. The SMILES string of the molecule is CCN(CC)CCOc1ccc(Br)cc1N. The molecule has 90 valence electrons. The van der Waals surface area contributed by atoms with Gasteiger partial charge in [0.25, 0.3) is 0 Å². The number of hydrogen-bond donors (Lipinski definition) is 1. The summed E-state index contributed by atoms with van der Waals surface area (Å²) >= 11 is 3.37. The van der Waals surface area contributed by atoms with Crippen LogP contribution in [0.25, 0.3) is 0 Å². The third-order valence-electron chi connectivity index (χ3n) is 2.53. The van der Waals surface area contributed by atoms with Crippen LogP contribution in [-0.4, -0.2) is 31.1 Å². The molecule has 0 aliphatic rings. The van der Waals surface area contributed by atoms with E-state index in [1.54, 1.807) is 0 Å². The second-order valence-electron chi connectivity index (χ2n) is 3.56. The van der Waals surface area contributed by atoms with Gasteiger partial charge in [0, 0.05) is 11.0 Å². The van der Waals surface area contributed by atoms with Crippen LogP contribution in [0.2, 0.25) is 0 Å². The molecular formula is C12H19BrN2O. The number of nitrogens with two attached hydrogens (primary N) is 1. The van der Waals surface area contributed by atoms with E-state index in [-0.39, 0.29) is 0 Å². The van der Waals surface area contributed by atoms with Gasteiger partial charge in [-0.3, -0.25) is 0 Å². The van der Waals surface area contributed by atoms with E-state index in [0.717, 1.165) is 29.9 Å². The maximum Gasteiger partial charge on any atom is 0.142 e. The summed E-state index contributed by atoms with van der Waals surface area (Å²) in [7, 11) is 0. The molecule has 0 spiro atoms. The Kier molecular flexibility index (Phi) is 5.63. The van der Waals surface area contributed by atoms with E-state index < -0.39 is 0 Å². The highest BCUT2D eigenvalue weighted by molar-refractivity contribution is 9.10. The molecule has 0 fully saturated rings. The summed E-state index contributed by atoms with van der Waals surface area (Å²) in [6.07, 6.45) is 0. The van der Waals surface area contributed by atoms with Crippen LogP contribution < -0.4 is 10.5 Å². The van der Waals surface area contributed by atoms with Crippen LogP contribution in [0.5, 0.6) is 5.75 Å². The average Bonchev–Trinajstić information content (AvgIpc) is 2.27. The van der Waals surface area contributed by atoms with Gasteiger partial charge in [0.15, 0.2) is 0 Å². The van der Waals surface area contributed by atoms with Crippen molar-refractivity contribution in [3.63, 3.8) is 0 Å². The minimum absolute atomic E-state index is 0.674. The van der Waals surface area contributed by atoms with E-state index in [1.165, 1.54) is 0 Å². The average molecular weight is 287 g/mol. The Bertz CT molecular complexity index is 327. The van der Waals surface area contributed by atoms with Gasteiger partial charge in [-0.15, -0.1) is 0 Å². The van der Waals surface area contributed by atoms with Crippen LogP contribution in [0.3, 0.4) is 0 Å². The monoisotopic (exact) mass is 286 g/mol. The number of nitrogens with zero attached hydrogens (tertiary/aromatic N) is 1. The molecule has 0 aliphatic carbocycles. The minimum atomic E-state index is 0.674. The van der Waals surface area contributed by atoms with Crippen molar-refractivity contribution >= 4 is 21.6 Å². The molecule has 0 bridgehead atoms. The molecule has 0 saturated carbocycles. The molecule has 0 unspecified atom stereocenters. The minimum Gasteiger partial charge on any atom is -0.490 e. The molecule has 0 aromatic heterocycles. The predicted octanol–water partition coefficient (Wildman–Crippen LogP) is 2.75. The number of hydrogen-bond acceptors (Lipinski definition) is 3. The van der Waals surface area contributed by atoms with Crippen LogP contribution in [0, 0.1) is 0 Å². The fourth-order valence-electron chi connectivity index (χ4n) is 1.48. The first-order valence-electron chi connectivity index (χ1n) is 5.57. The molecule has 16 heavy (non-hydrogen) atoms. The number of rotatable bonds is 6. The number of halogens is 1. The van der Waals surface area contributed by atoms with E-state index in [0.29, 0.717) is 12.3 Å². The Labute approximate surface area is 106 Å². The first kappa shape index (κ1) is 13.3. The Morgan fingerprint density at radius 1 is 1.31 bits per heavy atom. The van der Waals surface area contributed by atoms with E-state index in [4.69, 9.17) is 10.5 Å². The van der Waals surface area contributed by atoms with Crippen molar-refractivity contribution in [3.05, 3.63) is 22.7 Å². The maximum atomic E-state index is 5.83. The Balaban J connectivity index is 2.42. The van der Waals surface area contributed by atoms with Crippen molar-refractivity contribution in [1.82, 2.24) is 4.90 Å². The molecule has 0 heterocycles. The zero-order valence-corrected chi connectivity index (χ0v) is 11.5. The van der Waals surface area contributed by atoms with Gasteiger partial charge >= 0.3 is 0 Å². The molecule has 1 rings (SSSR count). The lowest BCUT2D eigenvalue weighted by Crippen LogP contribution is -2.28. The normalized spacial score (nSPS) is 10.8. The van der Waals surface area contributed by atoms with Gasteiger partial charge in [0.1, 0.15) is 12.4 Å². The Morgan fingerprint density at radius 2 is 2.00 bits per heavy atom. The number of benzene rings is 1. The summed E-state index contributed by atoms with van der Waals surface area (Å²) in [5.41, 5.74) is 6.51. The molecule has 0 amide bonds. The zero-order valence-electron chi connectivity index (χ0n) is 9.87. The number of nitrogen functional groups attached to an aromatic ring is 1. The second kappa shape index (κ2) is 6.76. The summed E-state index contributed by atoms with van der Waals surface area (Å²) in [5, 5.41) is 0. The van der Waals surface area contributed by atoms with Gasteiger partial charge in [0.2, 0.25) is 0 Å². The lowest BCUT2D eigenvalue weighted by atomic mass is 10.3. The van der Waals surface area contributed by atoms with Gasteiger partial charge in [-0.2, -0.15) is 0 Å². The van der Waals surface area contributed by atoms with Gasteiger partial charge in [-0.25, -0.2) is 0 Å². The van der Waals surface area contributed by atoms with E-state index in [1.807, 2.05) is 18.2 Å². The van der Waals surface area contributed by atoms with Gasteiger partial charge in [0.05, 0.1) is 5.69 Å². The van der Waals surface area contributed by atoms with Gasteiger partial charge < -0.3 is 15.4 Å². The summed E-state index contributed by atoms with van der Waals surface area (Å²) in [6, 6.07) is 5.68. The molecule has 2 N–H and O–H groups in total. The summed E-state index contributed by atoms with van der Waals surface area (Å²) in [6.45, 7) is 8.01. The Hall–Kier alpha value is -0.740. The second-order valence-corrected chi connectivity index (χ2v) is 4.47. The first-order chi connectivity index (χ1) is 7.67. The van der Waals surface area contributed by atoms with Crippen molar-refractivity contribution in [2.75, 3.05) is 32.0 Å². The lowest BCUT2D eigenvalue weighted by Gasteiger charge is -2.18. The van der Waals surface area contributed by atoms with Crippen LogP contribution in [-0.2, 0) is 0 Å². The highest BCUT2D eigenvalue weighted by atomic mass is 79.9. The first-order valence-corrected chi connectivity index (χ1v) is 6.36. The summed E-state index contributed by atoms with van der Waals surface area (Å²) in [4.78, 5) is 2.31. The summed E-state index contributed by atoms with van der Waals surface area (Å²) < 4.78 is 6.61. The highest BCUT2D eigenvalue weighted by Crippen LogP contribution is 2.24. The van der Waals surface area contributed by atoms with Crippen LogP contribution >= 0.6 is 15.9 Å². The van der Waals surface area contributed by atoms with Gasteiger partial charge in [-0.1, -0.05) is 29.8 Å². The van der Waals surface area contributed by atoms with Gasteiger partial charge in [-0.05, 0) is 31.3 Å². The molecule has 0 aliphatic heterocycles. The third-order valence-corrected chi connectivity index (χ3v) is 3.02. The van der Waals surface area contributed by atoms with Crippen LogP contribution in [0.15, 0.2) is 22.7 Å². The van der Waals surface area contributed by atoms with E-state index >= 15 is 0 Å². The highest BCUT2D eigenvalue weighted by Gasteiger charge is 2.02. The third kappa shape index (κ3) is 4.02. The number of ether oxygens (including phenoxy) is 1. The van der Waals surface area contributed by atoms with Crippen molar-refractivity contribution in [1.29, 1.82) is 0 Å². The standard InChI is InChI=1S/C12H19BrN2O/c1-3-15(4-2)7-8-16-12-6-5-10(13)9-11(12)14/h5-6,9H,3-4,7-8,14H2,1-2H3. The quantitative estimate of drug-likeness (QED) is 0.818. The Morgan fingerprint density at radius 3 is 2.56 bits per heavy atom. The van der Waals surface area contributed by atoms with E-state index in [9.17, 15) is 0 Å². The lowest BCUT2D eigenvalue weighted by molar-refractivity contribution is 0.223. The van der Waals surface area contributed by atoms with Crippen LogP contribution in [0.4, 0.5) is 5.69 Å². The molecule has 0 radical (unpaired) electrons. The number of anilines is 1. The largest absolute Gasteiger partial charge is 0.490 e. The summed E-state index contributed by atoms with van der Waals surface area (Å²) in [5.74, 6) is 0.760. The molecule has 1 aromatic rings. The predicted molar refractivity (Wildman–Crippen MR) is 71.8 cm³/mol.